The van der Waals surface area contributed by atoms with E-state index in [1.165, 1.54) is 0 Å². The van der Waals surface area contributed by atoms with Gasteiger partial charge in [-0.1, -0.05) is 20.8 Å². The van der Waals surface area contributed by atoms with E-state index in [9.17, 15) is 0 Å². The summed E-state index contributed by atoms with van der Waals surface area (Å²) in [6.45, 7) is 6.33. The van der Waals surface area contributed by atoms with Gasteiger partial charge in [-0.25, -0.2) is 4.99 Å². The number of aliphatic imine (C=N–C) groups is 1. The van der Waals surface area contributed by atoms with Crippen molar-refractivity contribution in [3.63, 3.8) is 0 Å². The van der Waals surface area contributed by atoms with E-state index in [1.807, 2.05) is 18.3 Å². The SMILES string of the molecule is CCC(N=C(NC#N)Nc1ccncc1)C(C)C. The number of hydrogen-bond acceptors (Lipinski definition) is 3. The molecule has 0 aliphatic heterocycles. The summed E-state index contributed by atoms with van der Waals surface area (Å²) >= 11 is 0. The average Bonchev–Trinajstić information content (AvgIpc) is 2.36. The van der Waals surface area contributed by atoms with Crippen molar-refractivity contribution in [2.75, 3.05) is 5.32 Å². The second kappa shape index (κ2) is 7.28. The van der Waals surface area contributed by atoms with Gasteiger partial charge in [-0.3, -0.25) is 10.3 Å². The summed E-state index contributed by atoms with van der Waals surface area (Å²) in [7, 11) is 0. The van der Waals surface area contributed by atoms with Crippen molar-refractivity contribution >= 4 is 11.6 Å². The molecule has 0 saturated heterocycles. The fraction of sp³-hybridized carbons (Fsp3) is 0.462. The number of pyridine rings is 1. The topological polar surface area (TPSA) is 73.1 Å². The Morgan fingerprint density at radius 1 is 1.44 bits per heavy atom. The molecule has 5 nitrogen and oxygen atoms in total. The Bertz CT molecular complexity index is 419. The molecule has 1 atom stereocenters. The van der Waals surface area contributed by atoms with E-state index in [0.717, 1.165) is 12.1 Å². The molecular weight excluding hydrogens is 226 g/mol. The minimum absolute atomic E-state index is 0.190. The minimum atomic E-state index is 0.190. The highest BCUT2D eigenvalue weighted by Gasteiger charge is 2.11. The molecule has 0 amide bonds. The van der Waals surface area contributed by atoms with Gasteiger partial charge in [-0.15, -0.1) is 0 Å². The zero-order valence-electron chi connectivity index (χ0n) is 11.0. The summed E-state index contributed by atoms with van der Waals surface area (Å²) in [6, 6.07) is 3.84. The lowest BCUT2D eigenvalue weighted by Crippen LogP contribution is -2.29. The highest BCUT2D eigenvalue weighted by atomic mass is 15.2. The molecule has 1 unspecified atom stereocenters. The lowest BCUT2D eigenvalue weighted by Gasteiger charge is -2.16. The normalized spacial score (nSPS) is 12.9. The van der Waals surface area contributed by atoms with Gasteiger partial charge < -0.3 is 5.32 Å². The molecule has 0 spiro atoms. The molecule has 1 heterocycles. The zero-order valence-corrected chi connectivity index (χ0v) is 11.0. The molecule has 18 heavy (non-hydrogen) atoms. The lowest BCUT2D eigenvalue weighted by molar-refractivity contribution is 0.482. The van der Waals surface area contributed by atoms with E-state index in [4.69, 9.17) is 5.26 Å². The maximum atomic E-state index is 8.74. The predicted octanol–water partition coefficient (Wildman–Crippen LogP) is 2.35. The van der Waals surface area contributed by atoms with E-state index in [0.29, 0.717) is 11.9 Å². The van der Waals surface area contributed by atoms with Crippen LogP contribution >= 0.6 is 0 Å². The van der Waals surface area contributed by atoms with Crippen LogP contribution < -0.4 is 10.6 Å². The van der Waals surface area contributed by atoms with Gasteiger partial charge in [-0.2, -0.15) is 5.26 Å². The molecule has 0 aromatic carbocycles. The highest BCUT2D eigenvalue weighted by Crippen LogP contribution is 2.11. The molecule has 0 fully saturated rings. The molecule has 0 bridgehead atoms. The summed E-state index contributed by atoms with van der Waals surface area (Å²) in [6.07, 6.45) is 6.21. The number of guanidine groups is 1. The molecule has 0 saturated carbocycles. The number of nitrogens with one attached hydrogen (secondary N) is 2. The predicted molar refractivity (Wildman–Crippen MR) is 73.0 cm³/mol. The van der Waals surface area contributed by atoms with Gasteiger partial charge in [0.2, 0.25) is 5.96 Å². The van der Waals surface area contributed by atoms with Gasteiger partial charge in [0.1, 0.15) is 0 Å². The number of nitriles is 1. The first-order chi connectivity index (χ1) is 8.67. The summed E-state index contributed by atoms with van der Waals surface area (Å²) in [4.78, 5) is 8.47. The molecule has 2 N–H and O–H groups in total. The molecular formula is C13H19N5. The van der Waals surface area contributed by atoms with Crippen molar-refractivity contribution in [1.29, 1.82) is 5.26 Å². The fourth-order valence-electron chi connectivity index (χ4n) is 1.60. The van der Waals surface area contributed by atoms with Crippen molar-refractivity contribution < 1.29 is 0 Å². The molecule has 0 aliphatic carbocycles. The third kappa shape index (κ3) is 4.42. The van der Waals surface area contributed by atoms with Crippen LogP contribution in [0.2, 0.25) is 0 Å². The van der Waals surface area contributed by atoms with Crippen molar-refractivity contribution in [2.45, 2.75) is 33.2 Å². The van der Waals surface area contributed by atoms with E-state index in [2.05, 4.69) is 41.4 Å². The zero-order chi connectivity index (χ0) is 13.4. The van der Waals surface area contributed by atoms with Crippen LogP contribution in [0, 0.1) is 17.4 Å². The maximum Gasteiger partial charge on any atom is 0.209 e. The highest BCUT2D eigenvalue weighted by molar-refractivity contribution is 5.94. The Hall–Kier alpha value is -2.09. The van der Waals surface area contributed by atoms with Gasteiger partial charge in [0.05, 0.1) is 6.04 Å². The first-order valence-electron chi connectivity index (χ1n) is 6.07. The van der Waals surface area contributed by atoms with E-state index >= 15 is 0 Å². The van der Waals surface area contributed by atoms with Crippen LogP contribution in [0.4, 0.5) is 5.69 Å². The van der Waals surface area contributed by atoms with Crippen LogP contribution in [0.5, 0.6) is 0 Å². The van der Waals surface area contributed by atoms with Crippen molar-refractivity contribution in [3.8, 4) is 6.19 Å². The number of anilines is 1. The molecule has 0 aliphatic rings. The summed E-state index contributed by atoms with van der Waals surface area (Å²) in [5.74, 6) is 0.911. The Balaban J connectivity index is 2.82. The number of rotatable bonds is 4. The van der Waals surface area contributed by atoms with Crippen LogP contribution in [-0.2, 0) is 0 Å². The minimum Gasteiger partial charge on any atom is -0.325 e. The van der Waals surface area contributed by atoms with Crippen LogP contribution in [0.15, 0.2) is 29.5 Å². The van der Waals surface area contributed by atoms with Gasteiger partial charge >= 0.3 is 0 Å². The molecule has 1 rings (SSSR count). The molecule has 0 radical (unpaired) electrons. The number of hydrogen-bond donors (Lipinski definition) is 2. The van der Waals surface area contributed by atoms with Crippen molar-refractivity contribution in [3.05, 3.63) is 24.5 Å². The first-order valence-corrected chi connectivity index (χ1v) is 6.07. The second-order valence-electron chi connectivity index (χ2n) is 4.30. The maximum absolute atomic E-state index is 8.74. The smallest absolute Gasteiger partial charge is 0.209 e. The van der Waals surface area contributed by atoms with Gasteiger partial charge in [0, 0.05) is 18.1 Å². The van der Waals surface area contributed by atoms with Crippen LogP contribution in [-0.4, -0.2) is 17.0 Å². The summed E-state index contributed by atoms with van der Waals surface area (Å²) < 4.78 is 0. The van der Waals surface area contributed by atoms with E-state index in [1.54, 1.807) is 12.4 Å². The second-order valence-corrected chi connectivity index (χ2v) is 4.30. The van der Waals surface area contributed by atoms with E-state index in [-0.39, 0.29) is 6.04 Å². The largest absolute Gasteiger partial charge is 0.325 e. The molecule has 5 heteroatoms. The Labute approximate surface area is 108 Å². The fourth-order valence-corrected chi connectivity index (χ4v) is 1.60. The van der Waals surface area contributed by atoms with Gasteiger partial charge in [0.15, 0.2) is 6.19 Å². The lowest BCUT2D eigenvalue weighted by atomic mass is 10.0. The van der Waals surface area contributed by atoms with Crippen LogP contribution in [0.3, 0.4) is 0 Å². The molecule has 1 aromatic heterocycles. The molecule has 1 aromatic rings. The monoisotopic (exact) mass is 245 g/mol. The first kappa shape index (κ1) is 14.0. The average molecular weight is 245 g/mol. The van der Waals surface area contributed by atoms with Crippen LogP contribution in [0.1, 0.15) is 27.2 Å². The Morgan fingerprint density at radius 3 is 2.61 bits per heavy atom. The Kier molecular flexibility index (Phi) is 5.65. The van der Waals surface area contributed by atoms with E-state index < -0.39 is 0 Å². The third-order valence-electron chi connectivity index (χ3n) is 2.60. The number of nitrogens with zero attached hydrogens (tertiary/aromatic N) is 3. The quantitative estimate of drug-likeness (QED) is 0.369. The van der Waals surface area contributed by atoms with Crippen molar-refractivity contribution in [2.24, 2.45) is 10.9 Å². The summed E-state index contributed by atoms with van der Waals surface area (Å²) in [5.41, 5.74) is 0.852. The van der Waals surface area contributed by atoms with Crippen LogP contribution in [0.25, 0.3) is 0 Å². The Morgan fingerprint density at radius 2 is 2.11 bits per heavy atom. The molecule has 96 valence electrons. The third-order valence-corrected chi connectivity index (χ3v) is 2.60. The summed E-state index contributed by atoms with van der Waals surface area (Å²) in [5, 5.41) is 14.4. The standard InChI is InChI=1S/C13H19N5/c1-4-12(10(2)3)18-13(16-9-14)17-11-5-7-15-8-6-11/h5-8,10,12H,4H2,1-3H3,(H2,15,16,17,18). The number of aromatic nitrogens is 1. The van der Waals surface area contributed by atoms with Crippen molar-refractivity contribution in [1.82, 2.24) is 10.3 Å². The van der Waals surface area contributed by atoms with Gasteiger partial charge in [0.25, 0.3) is 0 Å². The van der Waals surface area contributed by atoms with Gasteiger partial charge in [-0.05, 0) is 24.5 Å².